The second kappa shape index (κ2) is 17.0. The lowest BCUT2D eigenvalue weighted by Crippen LogP contribution is -2.13. The van der Waals surface area contributed by atoms with Crippen molar-refractivity contribution < 1.29 is 42.9 Å². The van der Waals surface area contributed by atoms with Crippen LogP contribution in [0.4, 0.5) is 5.69 Å². The van der Waals surface area contributed by atoms with E-state index < -0.39 is 11.9 Å². The Bertz CT molecular complexity index is 1400. The predicted octanol–water partition coefficient (Wildman–Crippen LogP) is 5.69. The molecule has 1 N–H and O–H groups in total. The van der Waals surface area contributed by atoms with Crippen LogP contribution < -0.4 is 19.5 Å². The predicted molar refractivity (Wildman–Crippen MR) is 160 cm³/mol. The highest BCUT2D eigenvalue weighted by atomic mass is 16.5. The van der Waals surface area contributed by atoms with Crippen molar-refractivity contribution in [2.24, 2.45) is 0 Å². The summed E-state index contributed by atoms with van der Waals surface area (Å²) in [6.45, 7) is 8.12. The Morgan fingerprint density at radius 1 is 0.744 bits per heavy atom. The maximum absolute atomic E-state index is 12.8. The lowest BCUT2D eigenvalue weighted by Gasteiger charge is -2.12. The Morgan fingerprint density at radius 3 is 1.86 bits per heavy atom. The van der Waals surface area contributed by atoms with Crippen LogP contribution in [0.2, 0.25) is 0 Å². The second-order valence-electron chi connectivity index (χ2n) is 9.22. The van der Waals surface area contributed by atoms with Gasteiger partial charge in [-0.25, -0.2) is 9.59 Å². The number of ether oxygens (including phenoxy) is 5. The molecule has 0 aromatic heterocycles. The van der Waals surface area contributed by atoms with Gasteiger partial charge < -0.3 is 29.0 Å². The van der Waals surface area contributed by atoms with Gasteiger partial charge in [0.15, 0.2) is 0 Å². The van der Waals surface area contributed by atoms with Crippen LogP contribution in [-0.2, 0) is 19.1 Å². The molecule has 43 heavy (non-hydrogen) atoms. The van der Waals surface area contributed by atoms with Crippen LogP contribution in [-0.4, -0.2) is 50.2 Å². The fourth-order valence-corrected chi connectivity index (χ4v) is 3.61. The molecule has 0 aliphatic rings. The molecule has 1 amide bonds. The number of aryl methyl sites for hydroxylation is 1. The number of hydrogen-bond acceptors (Lipinski definition) is 9. The van der Waals surface area contributed by atoms with Gasteiger partial charge in [0.1, 0.15) is 17.2 Å². The number of benzene rings is 3. The van der Waals surface area contributed by atoms with Gasteiger partial charge in [-0.05, 0) is 79.2 Å². The van der Waals surface area contributed by atoms with Gasteiger partial charge in [0.25, 0.3) is 5.91 Å². The van der Waals surface area contributed by atoms with Gasteiger partial charge in [0.2, 0.25) is 0 Å². The van der Waals surface area contributed by atoms with Gasteiger partial charge in [-0.3, -0.25) is 9.59 Å². The zero-order valence-electron chi connectivity index (χ0n) is 24.3. The third kappa shape index (κ3) is 11.0. The van der Waals surface area contributed by atoms with Crippen molar-refractivity contribution in [3.8, 4) is 17.2 Å². The summed E-state index contributed by atoms with van der Waals surface area (Å²) >= 11 is 0. The van der Waals surface area contributed by atoms with Crippen LogP contribution >= 0.6 is 0 Å². The van der Waals surface area contributed by atoms with Gasteiger partial charge in [0, 0.05) is 36.6 Å². The summed E-state index contributed by atoms with van der Waals surface area (Å²) in [5.74, 6) is -0.0550. The zero-order chi connectivity index (χ0) is 31.0. The third-order valence-electron chi connectivity index (χ3n) is 5.94. The molecule has 0 spiro atoms. The maximum Gasteiger partial charge on any atom is 0.343 e. The number of rotatable bonds is 16. The molecule has 0 atom stereocenters. The number of nitrogens with one attached hydrogen (secondary N) is 1. The van der Waals surface area contributed by atoms with E-state index >= 15 is 0 Å². The van der Waals surface area contributed by atoms with Gasteiger partial charge in [-0.2, -0.15) is 0 Å². The first kappa shape index (κ1) is 32.4. The number of anilines is 1. The fraction of sp³-hybridized carbons (Fsp3) is 0.273. The first-order valence-corrected chi connectivity index (χ1v) is 13.8. The van der Waals surface area contributed by atoms with Crippen LogP contribution in [0.15, 0.2) is 79.4 Å². The summed E-state index contributed by atoms with van der Waals surface area (Å²) in [7, 11) is 0. The number of amides is 1. The Labute approximate surface area is 250 Å². The summed E-state index contributed by atoms with van der Waals surface area (Å²) in [5.41, 5.74) is 2.08. The average molecular weight is 590 g/mol. The molecule has 0 unspecified atom stereocenters. The molecule has 0 aliphatic heterocycles. The van der Waals surface area contributed by atoms with Gasteiger partial charge in [0.05, 0.1) is 32.0 Å². The summed E-state index contributed by atoms with van der Waals surface area (Å²) in [4.78, 5) is 47.5. The molecule has 10 nitrogen and oxygen atoms in total. The summed E-state index contributed by atoms with van der Waals surface area (Å²) < 4.78 is 26.6. The van der Waals surface area contributed by atoms with Crippen molar-refractivity contribution in [2.75, 3.05) is 31.7 Å². The van der Waals surface area contributed by atoms with E-state index in [2.05, 4.69) is 11.9 Å². The largest absolute Gasteiger partial charge is 0.493 e. The Morgan fingerprint density at radius 2 is 1.30 bits per heavy atom. The summed E-state index contributed by atoms with van der Waals surface area (Å²) in [6, 6.07) is 18.1. The van der Waals surface area contributed by atoms with E-state index in [-0.39, 0.29) is 18.5 Å². The Balaban J connectivity index is 1.45. The van der Waals surface area contributed by atoms with E-state index in [0.717, 1.165) is 6.08 Å². The standard InChI is InChI=1S/C33H35NO9/c1-4-30(35)41-20-6-18-39-26-12-8-24(9-13-26)32(37)34-29-17-16-28(22-23(29)3)43-33(38)25-10-14-27(15-11-25)40-19-7-21-42-31(36)5-2/h5,8-17,22H,2,4,6-7,18-21H2,1,3H3,(H,34,37). The van der Waals surface area contributed by atoms with Crippen molar-refractivity contribution in [1.29, 1.82) is 0 Å². The lowest BCUT2D eigenvalue weighted by atomic mass is 10.1. The molecule has 3 aromatic rings. The van der Waals surface area contributed by atoms with Gasteiger partial charge in [-0.1, -0.05) is 13.5 Å². The normalized spacial score (nSPS) is 10.3. The van der Waals surface area contributed by atoms with E-state index in [1.807, 2.05) is 0 Å². The van der Waals surface area contributed by atoms with Crippen LogP contribution in [0, 0.1) is 6.92 Å². The molecule has 3 rings (SSSR count). The average Bonchev–Trinajstić information content (AvgIpc) is 3.02. The number of carbonyl (C=O) groups is 4. The number of carbonyl (C=O) groups excluding carboxylic acids is 4. The van der Waals surface area contributed by atoms with E-state index in [0.29, 0.717) is 78.7 Å². The van der Waals surface area contributed by atoms with Crippen LogP contribution in [0.3, 0.4) is 0 Å². The monoisotopic (exact) mass is 589 g/mol. The van der Waals surface area contributed by atoms with E-state index in [9.17, 15) is 19.2 Å². The van der Waals surface area contributed by atoms with Crippen molar-refractivity contribution in [2.45, 2.75) is 33.1 Å². The Hall–Kier alpha value is -5.12. The third-order valence-corrected chi connectivity index (χ3v) is 5.94. The van der Waals surface area contributed by atoms with Crippen molar-refractivity contribution in [3.63, 3.8) is 0 Å². The molecular formula is C33H35NO9. The zero-order valence-corrected chi connectivity index (χ0v) is 24.3. The van der Waals surface area contributed by atoms with E-state index in [1.165, 1.54) is 0 Å². The quantitative estimate of drug-likeness (QED) is 0.0971. The second-order valence-corrected chi connectivity index (χ2v) is 9.22. The van der Waals surface area contributed by atoms with Crippen molar-refractivity contribution >= 4 is 29.5 Å². The molecular weight excluding hydrogens is 554 g/mol. The minimum Gasteiger partial charge on any atom is -0.493 e. The van der Waals surface area contributed by atoms with Crippen molar-refractivity contribution in [3.05, 3.63) is 96.1 Å². The summed E-state index contributed by atoms with van der Waals surface area (Å²) in [6.07, 6.45) is 2.53. The maximum atomic E-state index is 12.8. The first-order valence-electron chi connectivity index (χ1n) is 13.8. The minimum atomic E-state index is -0.539. The highest BCUT2D eigenvalue weighted by molar-refractivity contribution is 6.04. The smallest absolute Gasteiger partial charge is 0.343 e. The van der Waals surface area contributed by atoms with Crippen LogP contribution in [0.1, 0.15) is 52.5 Å². The highest BCUT2D eigenvalue weighted by Crippen LogP contribution is 2.24. The molecule has 226 valence electrons. The fourth-order valence-electron chi connectivity index (χ4n) is 3.61. The Kier molecular flexibility index (Phi) is 12.8. The molecule has 0 aliphatic carbocycles. The molecule has 0 saturated carbocycles. The molecule has 0 saturated heterocycles. The molecule has 0 bridgehead atoms. The van der Waals surface area contributed by atoms with Gasteiger partial charge >= 0.3 is 17.9 Å². The van der Waals surface area contributed by atoms with Crippen LogP contribution in [0.5, 0.6) is 17.2 Å². The minimum absolute atomic E-state index is 0.224. The van der Waals surface area contributed by atoms with E-state index in [1.54, 1.807) is 80.6 Å². The van der Waals surface area contributed by atoms with Gasteiger partial charge in [-0.15, -0.1) is 0 Å². The number of esters is 3. The topological polar surface area (TPSA) is 126 Å². The lowest BCUT2D eigenvalue weighted by molar-refractivity contribution is -0.143. The molecule has 10 heteroatoms. The first-order chi connectivity index (χ1) is 20.8. The highest BCUT2D eigenvalue weighted by Gasteiger charge is 2.12. The SMILES string of the molecule is C=CC(=O)OCCCOc1ccc(C(=O)Oc2ccc(NC(=O)c3ccc(OCCCOC(=O)CC)cc3)c(C)c2)cc1. The number of hydrogen-bond donors (Lipinski definition) is 1. The molecule has 0 heterocycles. The van der Waals surface area contributed by atoms with Crippen LogP contribution in [0.25, 0.3) is 0 Å². The molecule has 0 radical (unpaired) electrons. The van der Waals surface area contributed by atoms with Crippen molar-refractivity contribution in [1.82, 2.24) is 0 Å². The molecule has 3 aromatic carbocycles. The summed E-state index contributed by atoms with van der Waals surface area (Å²) in [5, 5.41) is 2.86. The van der Waals surface area contributed by atoms with E-state index in [4.69, 9.17) is 23.7 Å². The molecule has 0 fully saturated rings.